The van der Waals surface area contributed by atoms with E-state index in [9.17, 15) is 0 Å². The molecule has 2 rings (SSSR count). The summed E-state index contributed by atoms with van der Waals surface area (Å²) in [4.78, 5) is 0. The average molecular weight is 275 g/mol. The number of benzene rings is 1. The third kappa shape index (κ3) is 4.24. The summed E-state index contributed by atoms with van der Waals surface area (Å²) < 4.78 is 5.63. The average Bonchev–Trinajstić information content (AvgIpc) is 2.90. The van der Waals surface area contributed by atoms with Gasteiger partial charge in [-0.05, 0) is 49.3 Å². The Kier molecular flexibility index (Phi) is 5.47. The van der Waals surface area contributed by atoms with E-state index in [1.165, 1.54) is 31.2 Å². The standard InChI is InChI=1S/C18H29NO/c1-4-13-20-17-9-7-16(8-10-17)15(2)19-14-18(3)11-5-6-12-18/h7-10,15,19H,4-6,11-14H2,1-3H3. The summed E-state index contributed by atoms with van der Waals surface area (Å²) in [6.07, 6.45) is 6.59. The lowest BCUT2D eigenvalue weighted by Crippen LogP contribution is -2.31. The highest BCUT2D eigenvalue weighted by Crippen LogP contribution is 2.37. The summed E-state index contributed by atoms with van der Waals surface area (Å²) in [6, 6.07) is 8.94. The van der Waals surface area contributed by atoms with Crippen molar-refractivity contribution in [2.24, 2.45) is 5.41 Å². The van der Waals surface area contributed by atoms with Crippen LogP contribution >= 0.6 is 0 Å². The lowest BCUT2D eigenvalue weighted by molar-refractivity contribution is 0.301. The molecule has 1 fully saturated rings. The number of hydrogen-bond acceptors (Lipinski definition) is 2. The zero-order chi connectivity index (χ0) is 14.4. The highest BCUT2D eigenvalue weighted by atomic mass is 16.5. The molecule has 1 unspecified atom stereocenters. The molecule has 2 heteroatoms. The van der Waals surface area contributed by atoms with E-state index >= 15 is 0 Å². The van der Waals surface area contributed by atoms with Crippen molar-refractivity contribution in [2.75, 3.05) is 13.2 Å². The summed E-state index contributed by atoms with van der Waals surface area (Å²) in [5.41, 5.74) is 1.86. The van der Waals surface area contributed by atoms with Crippen molar-refractivity contribution in [1.29, 1.82) is 0 Å². The molecule has 0 radical (unpaired) electrons. The second kappa shape index (κ2) is 7.12. The van der Waals surface area contributed by atoms with Gasteiger partial charge in [0.15, 0.2) is 0 Å². The Labute approximate surface area is 123 Å². The van der Waals surface area contributed by atoms with Crippen molar-refractivity contribution >= 4 is 0 Å². The molecule has 1 aromatic carbocycles. The Morgan fingerprint density at radius 1 is 1.20 bits per heavy atom. The highest BCUT2D eigenvalue weighted by molar-refractivity contribution is 5.28. The van der Waals surface area contributed by atoms with Gasteiger partial charge in [-0.15, -0.1) is 0 Å². The van der Waals surface area contributed by atoms with Crippen LogP contribution in [0.2, 0.25) is 0 Å². The van der Waals surface area contributed by atoms with E-state index in [4.69, 9.17) is 4.74 Å². The Morgan fingerprint density at radius 2 is 1.85 bits per heavy atom. The molecule has 1 atom stereocenters. The summed E-state index contributed by atoms with van der Waals surface area (Å²) >= 11 is 0. The predicted octanol–water partition coefficient (Wildman–Crippen LogP) is 4.71. The Balaban J connectivity index is 1.84. The van der Waals surface area contributed by atoms with Crippen molar-refractivity contribution in [3.05, 3.63) is 29.8 Å². The van der Waals surface area contributed by atoms with Crippen LogP contribution in [0.4, 0.5) is 0 Å². The van der Waals surface area contributed by atoms with E-state index in [-0.39, 0.29) is 0 Å². The molecular formula is C18H29NO. The van der Waals surface area contributed by atoms with Gasteiger partial charge in [0.25, 0.3) is 0 Å². The monoisotopic (exact) mass is 275 g/mol. The molecule has 2 nitrogen and oxygen atoms in total. The minimum Gasteiger partial charge on any atom is -0.494 e. The van der Waals surface area contributed by atoms with Crippen LogP contribution in [0, 0.1) is 5.41 Å². The first-order valence-corrected chi connectivity index (χ1v) is 8.09. The number of ether oxygens (including phenoxy) is 1. The highest BCUT2D eigenvalue weighted by Gasteiger charge is 2.28. The largest absolute Gasteiger partial charge is 0.494 e. The van der Waals surface area contributed by atoms with E-state index in [1.54, 1.807) is 0 Å². The first-order valence-electron chi connectivity index (χ1n) is 8.09. The van der Waals surface area contributed by atoms with Gasteiger partial charge in [0.2, 0.25) is 0 Å². The Bertz CT molecular complexity index is 392. The van der Waals surface area contributed by atoms with Crippen LogP contribution in [0.5, 0.6) is 5.75 Å². The third-order valence-corrected chi connectivity index (χ3v) is 4.50. The molecule has 0 amide bonds. The first-order chi connectivity index (χ1) is 9.63. The van der Waals surface area contributed by atoms with Gasteiger partial charge in [-0.3, -0.25) is 0 Å². The van der Waals surface area contributed by atoms with Gasteiger partial charge < -0.3 is 10.1 Å². The zero-order valence-corrected chi connectivity index (χ0v) is 13.2. The maximum atomic E-state index is 5.63. The Morgan fingerprint density at radius 3 is 2.45 bits per heavy atom. The van der Waals surface area contributed by atoms with Crippen LogP contribution in [-0.4, -0.2) is 13.2 Å². The molecule has 0 aromatic heterocycles. The quantitative estimate of drug-likeness (QED) is 0.778. The van der Waals surface area contributed by atoms with E-state index in [0.29, 0.717) is 11.5 Å². The maximum absolute atomic E-state index is 5.63. The van der Waals surface area contributed by atoms with Crippen molar-refractivity contribution in [1.82, 2.24) is 5.32 Å². The maximum Gasteiger partial charge on any atom is 0.119 e. The molecule has 1 aliphatic carbocycles. The molecule has 1 saturated carbocycles. The van der Waals surface area contributed by atoms with Crippen LogP contribution < -0.4 is 10.1 Å². The van der Waals surface area contributed by atoms with Crippen molar-refractivity contribution in [3.8, 4) is 5.75 Å². The molecule has 0 spiro atoms. The molecule has 1 aromatic rings. The molecular weight excluding hydrogens is 246 g/mol. The lowest BCUT2D eigenvalue weighted by atomic mass is 9.88. The van der Waals surface area contributed by atoms with Gasteiger partial charge in [0, 0.05) is 12.6 Å². The molecule has 0 heterocycles. The number of rotatable bonds is 7. The van der Waals surface area contributed by atoms with Crippen LogP contribution in [0.25, 0.3) is 0 Å². The lowest BCUT2D eigenvalue weighted by Gasteiger charge is -2.26. The second-order valence-electron chi connectivity index (χ2n) is 6.54. The fraction of sp³-hybridized carbons (Fsp3) is 0.667. The van der Waals surface area contributed by atoms with Gasteiger partial charge in [-0.2, -0.15) is 0 Å². The molecule has 20 heavy (non-hydrogen) atoms. The van der Waals surface area contributed by atoms with Crippen molar-refractivity contribution < 1.29 is 4.74 Å². The predicted molar refractivity (Wildman–Crippen MR) is 85.2 cm³/mol. The summed E-state index contributed by atoms with van der Waals surface area (Å²) in [5, 5.41) is 3.70. The fourth-order valence-electron chi connectivity index (χ4n) is 3.00. The van der Waals surface area contributed by atoms with Gasteiger partial charge in [-0.25, -0.2) is 0 Å². The van der Waals surface area contributed by atoms with Crippen LogP contribution in [0.1, 0.15) is 64.5 Å². The smallest absolute Gasteiger partial charge is 0.119 e. The minimum absolute atomic E-state index is 0.410. The first kappa shape index (κ1) is 15.4. The SMILES string of the molecule is CCCOc1ccc(C(C)NCC2(C)CCCC2)cc1. The Hall–Kier alpha value is -1.02. The van der Waals surface area contributed by atoms with Crippen molar-refractivity contribution in [2.45, 2.75) is 58.9 Å². The topological polar surface area (TPSA) is 21.3 Å². The van der Waals surface area contributed by atoms with E-state index in [0.717, 1.165) is 25.3 Å². The second-order valence-corrected chi connectivity index (χ2v) is 6.54. The molecule has 1 N–H and O–H groups in total. The third-order valence-electron chi connectivity index (χ3n) is 4.50. The number of hydrogen-bond donors (Lipinski definition) is 1. The zero-order valence-electron chi connectivity index (χ0n) is 13.2. The van der Waals surface area contributed by atoms with Crippen LogP contribution in [-0.2, 0) is 0 Å². The van der Waals surface area contributed by atoms with E-state index in [2.05, 4.69) is 50.4 Å². The van der Waals surface area contributed by atoms with Gasteiger partial charge in [0.05, 0.1) is 6.61 Å². The number of nitrogens with one attached hydrogen (secondary N) is 1. The normalized spacial score (nSPS) is 18.9. The molecule has 0 bridgehead atoms. The van der Waals surface area contributed by atoms with Crippen molar-refractivity contribution in [3.63, 3.8) is 0 Å². The summed E-state index contributed by atoms with van der Waals surface area (Å²) in [7, 11) is 0. The van der Waals surface area contributed by atoms with Crippen LogP contribution in [0.15, 0.2) is 24.3 Å². The van der Waals surface area contributed by atoms with E-state index in [1.807, 2.05) is 0 Å². The molecule has 112 valence electrons. The molecule has 1 aliphatic rings. The van der Waals surface area contributed by atoms with E-state index < -0.39 is 0 Å². The van der Waals surface area contributed by atoms with Gasteiger partial charge >= 0.3 is 0 Å². The molecule has 0 saturated heterocycles. The van der Waals surface area contributed by atoms with Crippen LogP contribution in [0.3, 0.4) is 0 Å². The summed E-state index contributed by atoms with van der Waals surface area (Å²) in [5.74, 6) is 0.977. The van der Waals surface area contributed by atoms with Gasteiger partial charge in [0.1, 0.15) is 5.75 Å². The van der Waals surface area contributed by atoms with Gasteiger partial charge in [-0.1, -0.05) is 38.8 Å². The minimum atomic E-state index is 0.410. The molecule has 0 aliphatic heterocycles. The summed E-state index contributed by atoms with van der Waals surface area (Å²) in [6.45, 7) is 8.72. The fourth-order valence-corrected chi connectivity index (χ4v) is 3.00.